The van der Waals surface area contributed by atoms with Crippen molar-refractivity contribution in [1.29, 1.82) is 0 Å². The van der Waals surface area contributed by atoms with E-state index in [4.69, 9.17) is 9.52 Å². The molecule has 0 spiro atoms. The van der Waals surface area contributed by atoms with Crippen molar-refractivity contribution < 1.29 is 23.1 Å². The van der Waals surface area contributed by atoms with Crippen LogP contribution in [-0.4, -0.2) is 11.1 Å². The SMILES string of the molecule is O=C(O)c1ccoc1CNc1ccc(F)c(F)c1. The predicted molar refractivity (Wildman–Crippen MR) is 59.4 cm³/mol. The summed E-state index contributed by atoms with van der Waals surface area (Å²) in [5.74, 6) is -2.80. The van der Waals surface area contributed by atoms with E-state index in [-0.39, 0.29) is 17.9 Å². The molecule has 2 rings (SSSR count). The Labute approximate surface area is 101 Å². The molecule has 94 valence electrons. The van der Waals surface area contributed by atoms with Gasteiger partial charge in [0, 0.05) is 11.8 Å². The third-order valence-electron chi connectivity index (χ3n) is 2.35. The lowest BCUT2D eigenvalue weighted by Crippen LogP contribution is -2.05. The number of anilines is 1. The molecule has 0 atom stereocenters. The van der Waals surface area contributed by atoms with Crippen LogP contribution >= 0.6 is 0 Å². The fourth-order valence-corrected chi connectivity index (χ4v) is 1.46. The smallest absolute Gasteiger partial charge is 0.339 e. The normalized spacial score (nSPS) is 10.3. The van der Waals surface area contributed by atoms with Crippen LogP contribution in [0.15, 0.2) is 34.9 Å². The van der Waals surface area contributed by atoms with E-state index in [1.54, 1.807) is 0 Å². The molecule has 0 saturated heterocycles. The molecule has 2 aromatic rings. The molecular formula is C12H9F2NO3. The van der Waals surface area contributed by atoms with Gasteiger partial charge in [0.2, 0.25) is 0 Å². The molecule has 1 aromatic heterocycles. The van der Waals surface area contributed by atoms with Gasteiger partial charge in [-0.3, -0.25) is 0 Å². The molecule has 0 unspecified atom stereocenters. The largest absolute Gasteiger partial charge is 0.478 e. The first kappa shape index (κ1) is 12.1. The number of furan rings is 1. The van der Waals surface area contributed by atoms with Gasteiger partial charge in [0.05, 0.1) is 12.8 Å². The minimum Gasteiger partial charge on any atom is -0.478 e. The van der Waals surface area contributed by atoms with Crippen molar-refractivity contribution in [2.75, 3.05) is 5.32 Å². The van der Waals surface area contributed by atoms with Crippen LogP contribution in [0.3, 0.4) is 0 Å². The van der Waals surface area contributed by atoms with Gasteiger partial charge in [-0.05, 0) is 18.2 Å². The summed E-state index contributed by atoms with van der Waals surface area (Å²) in [4.78, 5) is 10.8. The molecular weight excluding hydrogens is 244 g/mol. The number of benzene rings is 1. The van der Waals surface area contributed by atoms with Crippen LogP contribution in [-0.2, 0) is 6.54 Å². The van der Waals surface area contributed by atoms with Crippen molar-refractivity contribution in [2.45, 2.75) is 6.54 Å². The maximum Gasteiger partial charge on any atom is 0.339 e. The van der Waals surface area contributed by atoms with Gasteiger partial charge < -0.3 is 14.8 Å². The number of halogens is 2. The number of hydrogen-bond donors (Lipinski definition) is 2. The van der Waals surface area contributed by atoms with Crippen molar-refractivity contribution in [2.24, 2.45) is 0 Å². The standard InChI is InChI=1S/C12H9F2NO3/c13-9-2-1-7(5-10(9)14)15-6-11-8(12(16)17)3-4-18-11/h1-5,15H,6H2,(H,16,17). The number of nitrogens with one attached hydrogen (secondary N) is 1. The molecule has 1 aromatic carbocycles. The van der Waals surface area contributed by atoms with Gasteiger partial charge in [-0.15, -0.1) is 0 Å². The fraction of sp³-hybridized carbons (Fsp3) is 0.0833. The minimum atomic E-state index is -1.11. The van der Waals surface area contributed by atoms with Crippen molar-refractivity contribution in [3.63, 3.8) is 0 Å². The van der Waals surface area contributed by atoms with Gasteiger partial charge in [0.1, 0.15) is 11.3 Å². The zero-order valence-electron chi connectivity index (χ0n) is 9.11. The highest BCUT2D eigenvalue weighted by Crippen LogP contribution is 2.16. The van der Waals surface area contributed by atoms with E-state index < -0.39 is 17.6 Å². The number of carboxylic acid groups (broad SMARTS) is 1. The molecule has 0 radical (unpaired) electrons. The Bertz CT molecular complexity index is 580. The van der Waals surface area contributed by atoms with E-state index in [0.717, 1.165) is 12.1 Å². The van der Waals surface area contributed by atoms with Crippen molar-refractivity contribution in [3.8, 4) is 0 Å². The second kappa shape index (κ2) is 4.87. The summed E-state index contributed by atoms with van der Waals surface area (Å²) in [6, 6.07) is 4.64. The van der Waals surface area contributed by atoms with Gasteiger partial charge in [-0.1, -0.05) is 0 Å². The van der Waals surface area contributed by atoms with E-state index in [9.17, 15) is 13.6 Å². The van der Waals surface area contributed by atoms with Gasteiger partial charge in [0.15, 0.2) is 11.6 Å². The first-order chi connectivity index (χ1) is 8.58. The Hall–Kier alpha value is -2.37. The summed E-state index contributed by atoms with van der Waals surface area (Å²) in [5.41, 5.74) is 0.367. The average Bonchev–Trinajstić information content (AvgIpc) is 2.79. The van der Waals surface area contributed by atoms with E-state index in [1.165, 1.54) is 18.4 Å². The summed E-state index contributed by atoms with van der Waals surface area (Å²) >= 11 is 0. The highest BCUT2D eigenvalue weighted by molar-refractivity contribution is 5.88. The Morgan fingerprint density at radius 1 is 1.28 bits per heavy atom. The van der Waals surface area contributed by atoms with Crippen LogP contribution in [0, 0.1) is 11.6 Å². The van der Waals surface area contributed by atoms with Crippen LogP contribution < -0.4 is 5.32 Å². The molecule has 0 aliphatic heterocycles. The Morgan fingerprint density at radius 2 is 2.06 bits per heavy atom. The molecule has 0 aliphatic carbocycles. The molecule has 0 fully saturated rings. The topological polar surface area (TPSA) is 62.5 Å². The van der Waals surface area contributed by atoms with Crippen LogP contribution in [0.2, 0.25) is 0 Å². The molecule has 0 saturated carbocycles. The van der Waals surface area contributed by atoms with Gasteiger partial charge in [0.25, 0.3) is 0 Å². The third kappa shape index (κ3) is 2.48. The molecule has 2 N–H and O–H groups in total. The molecule has 4 nitrogen and oxygen atoms in total. The van der Waals surface area contributed by atoms with Crippen LogP contribution in [0.5, 0.6) is 0 Å². The van der Waals surface area contributed by atoms with Crippen LogP contribution in [0.25, 0.3) is 0 Å². The molecule has 18 heavy (non-hydrogen) atoms. The maximum absolute atomic E-state index is 12.9. The van der Waals surface area contributed by atoms with Crippen molar-refractivity contribution in [3.05, 3.63) is 53.5 Å². The minimum absolute atomic E-state index is 0.0325. The summed E-state index contributed by atoms with van der Waals surface area (Å²) in [5, 5.41) is 11.6. The lowest BCUT2D eigenvalue weighted by Gasteiger charge is -2.05. The molecule has 6 heteroatoms. The quantitative estimate of drug-likeness (QED) is 0.879. The van der Waals surface area contributed by atoms with Crippen LogP contribution in [0.4, 0.5) is 14.5 Å². The number of hydrogen-bond acceptors (Lipinski definition) is 3. The van der Waals surface area contributed by atoms with Crippen molar-refractivity contribution >= 4 is 11.7 Å². The number of aromatic carboxylic acids is 1. The molecule has 0 aliphatic rings. The predicted octanol–water partition coefficient (Wildman–Crippen LogP) is 2.87. The Morgan fingerprint density at radius 3 is 2.72 bits per heavy atom. The highest BCUT2D eigenvalue weighted by atomic mass is 19.2. The monoisotopic (exact) mass is 253 g/mol. The molecule has 0 bridgehead atoms. The van der Waals surface area contributed by atoms with Crippen molar-refractivity contribution in [1.82, 2.24) is 0 Å². The van der Waals surface area contributed by atoms with Gasteiger partial charge >= 0.3 is 5.97 Å². The summed E-state index contributed by atoms with van der Waals surface area (Å²) in [7, 11) is 0. The van der Waals surface area contributed by atoms with E-state index in [0.29, 0.717) is 5.69 Å². The summed E-state index contributed by atoms with van der Waals surface area (Å²) in [6.07, 6.45) is 1.26. The lowest BCUT2D eigenvalue weighted by molar-refractivity contribution is 0.0694. The van der Waals surface area contributed by atoms with Gasteiger partial charge in [-0.25, -0.2) is 13.6 Å². The number of carboxylic acids is 1. The van der Waals surface area contributed by atoms with E-state index in [1.807, 2.05) is 0 Å². The Balaban J connectivity index is 2.09. The number of carbonyl (C=O) groups is 1. The summed E-state index contributed by atoms with van der Waals surface area (Å²) < 4.78 is 30.6. The van der Waals surface area contributed by atoms with E-state index in [2.05, 4.69) is 5.32 Å². The first-order valence-electron chi connectivity index (χ1n) is 5.06. The maximum atomic E-state index is 12.9. The van der Waals surface area contributed by atoms with E-state index >= 15 is 0 Å². The zero-order valence-corrected chi connectivity index (χ0v) is 9.11. The summed E-state index contributed by atoms with van der Waals surface area (Å²) in [6.45, 7) is 0.0692. The highest BCUT2D eigenvalue weighted by Gasteiger charge is 2.13. The molecule has 0 amide bonds. The Kier molecular flexibility index (Phi) is 3.27. The third-order valence-corrected chi connectivity index (χ3v) is 2.35. The zero-order chi connectivity index (χ0) is 13.1. The number of rotatable bonds is 4. The first-order valence-corrected chi connectivity index (χ1v) is 5.06. The molecule has 1 heterocycles. The lowest BCUT2D eigenvalue weighted by atomic mass is 10.2. The fourth-order valence-electron chi connectivity index (χ4n) is 1.46. The van der Waals surface area contributed by atoms with Crippen LogP contribution in [0.1, 0.15) is 16.1 Å². The second-order valence-electron chi connectivity index (χ2n) is 3.55. The average molecular weight is 253 g/mol. The van der Waals surface area contributed by atoms with Gasteiger partial charge in [-0.2, -0.15) is 0 Å². The second-order valence-corrected chi connectivity index (χ2v) is 3.55.